The molecule has 0 bridgehead atoms. The highest BCUT2D eigenvalue weighted by atomic mass is 16.5. The van der Waals surface area contributed by atoms with Crippen molar-refractivity contribution in [2.24, 2.45) is 5.92 Å². The van der Waals surface area contributed by atoms with Crippen molar-refractivity contribution in [3.05, 3.63) is 71.8 Å². The number of ether oxygens (including phenoxy) is 1. The van der Waals surface area contributed by atoms with E-state index in [1.54, 1.807) is 13.8 Å². The van der Waals surface area contributed by atoms with Crippen LogP contribution in [-0.4, -0.2) is 42.3 Å². The van der Waals surface area contributed by atoms with Crippen molar-refractivity contribution in [2.75, 3.05) is 6.61 Å². The Kier molecular flexibility index (Phi) is 10.3. The summed E-state index contributed by atoms with van der Waals surface area (Å²) in [7, 11) is 0. The van der Waals surface area contributed by atoms with Crippen LogP contribution in [0.3, 0.4) is 0 Å². The van der Waals surface area contributed by atoms with Crippen LogP contribution >= 0.6 is 0 Å². The Bertz CT molecular complexity index is 930. The lowest BCUT2D eigenvalue weighted by Crippen LogP contribution is -2.47. The van der Waals surface area contributed by atoms with Crippen molar-refractivity contribution < 1.29 is 23.9 Å². The molecule has 0 aliphatic carbocycles. The van der Waals surface area contributed by atoms with Crippen molar-refractivity contribution in [1.29, 1.82) is 0 Å². The van der Waals surface area contributed by atoms with E-state index in [9.17, 15) is 19.2 Å². The normalized spacial score (nSPS) is 13.3. The minimum atomic E-state index is -0.854. The van der Waals surface area contributed by atoms with Gasteiger partial charge in [-0.1, -0.05) is 67.6 Å². The summed E-state index contributed by atoms with van der Waals surface area (Å²) in [5.41, 5.74) is 1.79. The lowest BCUT2D eigenvalue weighted by Gasteiger charge is -2.22. The van der Waals surface area contributed by atoms with Gasteiger partial charge in [-0.2, -0.15) is 0 Å². The Morgan fingerprint density at radius 2 is 1.33 bits per heavy atom. The minimum Gasteiger partial charge on any atom is -0.464 e. The first-order valence-electron chi connectivity index (χ1n) is 11.1. The van der Waals surface area contributed by atoms with E-state index in [4.69, 9.17) is 4.74 Å². The van der Waals surface area contributed by atoms with Crippen LogP contribution in [-0.2, 0) is 36.8 Å². The van der Waals surface area contributed by atoms with Gasteiger partial charge < -0.3 is 15.4 Å². The summed E-state index contributed by atoms with van der Waals surface area (Å²) < 4.78 is 5.12. The molecule has 2 rings (SSSR count). The molecule has 0 aromatic heterocycles. The SMILES string of the molecule is CCOC(=O)[C@H](Cc1ccccc1)NC(=O)[C@@H](C)CC(=O)[C@@H](Cc1ccccc1)NC(C)=O. The molecule has 0 saturated carbocycles. The Morgan fingerprint density at radius 3 is 1.82 bits per heavy atom. The molecule has 3 atom stereocenters. The fourth-order valence-electron chi connectivity index (χ4n) is 3.48. The third-order valence-electron chi connectivity index (χ3n) is 5.17. The van der Waals surface area contributed by atoms with Crippen LogP contribution in [0.4, 0.5) is 0 Å². The van der Waals surface area contributed by atoms with Gasteiger partial charge in [-0.25, -0.2) is 4.79 Å². The standard InChI is InChI=1S/C26H32N2O5/c1-4-33-26(32)23(17-21-13-9-6-10-14-21)28-25(31)18(2)15-24(30)22(27-19(3)29)16-20-11-7-5-8-12-20/h5-14,18,22-23H,4,15-17H2,1-3H3,(H,27,29)(H,28,31)/t18-,22+,23-/m0/s1. The zero-order chi connectivity index (χ0) is 24.2. The van der Waals surface area contributed by atoms with E-state index in [1.807, 2.05) is 60.7 Å². The van der Waals surface area contributed by atoms with Crippen LogP contribution in [0.2, 0.25) is 0 Å². The van der Waals surface area contributed by atoms with Crippen molar-refractivity contribution in [1.82, 2.24) is 10.6 Å². The highest BCUT2D eigenvalue weighted by Crippen LogP contribution is 2.12. The zero-order valence-electron chi connectivity index (χ0n) is 19.4. The first kappa shape index (κ1) is 25.8. The third kappa shape index (κ3) is 8.88. The molecule has 176 valence electrons. The Labute approximate surface area is 194 Å². The highest BCUT2D eigenvalue weighted by molar-refractivity contribution is 5.93. The molecular formula is C26H32N2O5. The number of carbonyl (C=O) groups is 4. The van der Waals surface area contributed by atoms with Gasteiger partial charge in [0.1, 0.15) is 6.04 Å². The lowest BCUT2D eigenvalue weighted by atomic mass is 9.94. The number of amides is 2. The average molecular weight is 453 g/mol. The molecule has 33 heavy (non-hydrogen) atoms. The maximum atomic E-state index is 12.9. The Morgan fingerprint density at radius 1 is 0.818 bits per heavy atom. The van der Waals surface area contributed by atoms with Crippen LogP contribution in [0.5, 0.6) is 0 Å². The second-order valence-corrected chi connectivity index (χ2v) is 8.02. The Balaban J connectivity index is 2.04. The number of carbonyl (C=O) groups excluding carboxylic acids is 4. The number of ketones is 1. The fraction of sp³-hybridized carbons (Fsp3) is 0.385. The molecule has 2 aromatic carbocycles. The summed E-state index contributed by atoms with van der Waals surface area (Å²) >= 11 is 0. The molecule has 0 aliphatic rings. The molecule has 2 N–H and O–H groups in total. The van der Waals surface area contributed by atoms with Gasteiger partial charge >= 0.3 is 5.97 Å². The molecule has 0 radical (unpaired) electrons. The van der Waals surface area contributed by atoms with E-state index in [0.717, 1.165) is 11.1 Å². The number of Topliss-reactive ketones (excluding diaryl/α,β-unsaturated/α-hetero) is 1. The largest absolute Gasteiger partial charge is 0.464 e. The summed E-state index contributed by atoms with van der Waals surface area (Å²) in [5, 5.41) is 5.42. The van der Waals surface area contributed by atoms with Gasteiger partial charge in [0.15, 0.2) is 5.78 Å². The predicted molar refractivity (Wildman–Crippen MR) is 125 cm³/mol. The van der Waals surface area contributed by atoms with Gasteiger partial charge in [-0.15, -0.1) is 0 Å². The molecule has 2 amide bonds. The molecule has 2 aromatic rings. The first-order chi connectivity index (χ1) is 15.8. The second-order valence-electron chi connectivity index (χ2n) is 8.02. The van der Waals surface area contributed by atoms with E-state index in [1.165, 1.54) is 6.92 Å². The van der Waals surface area contributed by atoms with Crippen LogP contribution in [0.1, 0.15) is 38.3 Å². The van der Waals surface area contributed by atoms with Crippen LogP contribution in [0.15, 0.2) is 60.7 Å². The molecule has 0 spiro atoms. The van der Waals surface area contributed by atoms with Gasteiger partial charge in [0.25, 0.3) is 0 Å². The molecule has 7 heteroatoms. The van der Waals surface area contributed by atoms with Gasteiger partial charge in [0.2, 0.25) is 11.8 Å². The maximum absolute atomic E-state index is 12.9. The Hall–Kier alpha value is -3.48. The van der Waals surface area contributed by atoms with Gasteiger partial charge in [-0.05, 0) is 24.5 Å². The van der Waals surface area contributed by atoms with Gasteiger partial charge in [0, 0.05) is 25.7 Å². The second kappa shape index (κ2) is 13.2. The number of hydrogen-bond donors (Lipinski definition) is 2. The molecule has 0 heterocycles. The predicted octanol–water partition coefficient (Wildman–Crippen LogP) is 2.62. The van der Waals surface area contributed by atoms with Gasteiger partial charge in [-0.3, -0.25) is 14.4 Å². The van der Waals surface area contributed by atoms with E-state index >= 15 is 0 Å². The lowest BCUT2D eigenvalue weighted by molar-refractivity contribution is -0.147. The number of esters is 1. The van der Waals surface area contributed by atoms with E-state index in [-0.39, 0.29) is 31.1 Å². The van der Waals surface area contributed by atoms with Crippen molar-refractivity contribution >= 4 is 23.6 Å². The number of benzene rings is 2. The smallest absolute Gasteiger partial charge is 0.328 e. The van der Waals surface area contributed by atoms with E-state index in [2.05, 4.69) is 10.6 Å². The molecule has 0 fully saturated rings. The maximum Gasteiger partial charge on any atom is 0.328 e. The molecule has 0 unspecified atom stereocenters. The van der Waals surface area contributed by atoms with E-state index in [0.29, 0.717) is 6.42 Å². The van der Waals surface area contributed by atoms with E-state index < -0.39 is 29.9 Å². The summed E-state index contributed by atoms with van der Waals surface area (Å²) in [6.45, 7) is 4.89. The summed E-state index contributed by atoms with van der Waals surface area (Å²) in [6.07, 6.45) is 0.562. The monoisotopic (exact) mass is 452 g/mol. The van der Waals surface area contributed by atoms with Crippen molar-refractivity contribution in [3.63, 3.8) is 0 Å². The number of hydrogen-bond acceptors (Lipinski definition) is 5. The fourth-order valence-corrected chi connectivity index (χ4v) is 3.48. The molecule has 0 aliphatic heterocycles. The number of rotatable bonds is 12. The summed E-state index contributed by atoms with van der Waals surface area (Å²) in [4.78, 5) is 49.8. The molecular weight excluding hydrogens is 420 g/mol. The van der Waals surface area contributed by atoms with Gasteiger partial charge in [0.05, 0.1) is 12.6 Å². The molecule has 7 nitrogen and oxygen atoms in total. The molecule has 0 saturated heterocycles. The summed E-state index contributed by atoms with van der Waals surface area (Å²) in [5.74, 6) is -2.18. The third-order valence-corrected chi connectivity index (χ3v) is 5.17. The van der Waals surface area contributed by atoms with Crippen molar-refractivity contribution in [3.8, 4) is 0 Å². The topological polar surface area (TPSA) is 102 Å². The van der Waals surface area contributed by atoms with Crippen LogP contribution in [0.25, 0.3) is 0 Å². The van der Waals surface area contributed by atoms with Crippen LogP contribution < -0.4 is 10.6 Å². The highest BCUT2D eigenvalue weighted by Gasteiger charge is 2.28. The van der Waals surface area contributed by atoms with Crippen molar-refractivity contribution in [2.45, 2.75) is 52.1 Å². The van der Waals surface area contributed by atoms with Crippen LogP contribution in [0, 0.1) is 5.92 Å². The first-order valence-corrected chi connectivity index (χ1v) is 11.1. The average Bonchev–Trinajstić information content (AvgIpc) is 2.79. The minimum absolute atomic E-state index is 0.0650. The quantitative estimate of drug-likeness (QED) is 0.482. The number of nitrogens with one attached hydrogen (secondary N) is 2. The zero-order valence-corrected chi connectivity index (χ0v) is 19.4. The summed E-state index contributed by atoms with van der Waals surface area (Å²) in [6, 6.07) is 17.1.